The number of hydrogen-bond donors (Lipinski definition) is 0. The summed E-state index contributed by atoms with van der Waals surface area (Å²) in [5, 5.41) is 3.45. The first-order chi connectivity index (χ1) is 9.93. The van der Waals surface area contributed by atoms with Crippen LogP contribution in [0.1, 0.15) is 11.1 Å². The van der Waals surface area contributed by atoms with E-state index in [9.17, 15) is 0 Å². The molecular formula is C18H15NS. The summed E-state index contributed by atoms with van der Waals surface area (Å²) in [5.41, 5.74) is 2.48. The van der Waals surface area contributed by atoms with Crippen molar-refractivity contribution in [2.75, 3.05) is 0 Å². The van der Waals surface area contributed by atoms with E-state index in [0.29, 0.717) is 0 Å². The van der Waals surface area contributed by atoms with Gasteiger partial charge < -0.3 is 0 Å². The Morgan fingerprint density at radius 1 is 0.950 bits per heavy atom. The second-order valence-electron chi connectivity index (χ2n) is 4.51. The molecule has 3 aromatic rings. The fourth-order valence-electron chi connectivity index (χ4n) is 2.12. The van der Waals surface area contributed by atoms with E-state index in [4.69, 9.17) is 0 Å². The molecule has 98 valence electrons. The smallest absolute Gasteiger partial charge is 0.0646 e. The lowest BCUT2D eigenvalue weighted by Crippen LogP contribution is -1.82. The van der Waals surface area contributed by atoms with Crippen LogP contribution < -0.4 is 0 Å². The zero-order valence-corrected chi connectivity index (χ0v) is 11.9. The summed E-state index contributed by atoms with van der Waals surface area (Å²) in [4.78, 5) is 4.48. The van der Waals surface area contributed by atoms with E-state index < -0.39 is 0 Å². The maximum absolute atomic E-state index is 4.48. The Morgan fingerprint density at radius 2 is 1.85 bits per heavy atom. The zero-order valence-electron chi connectivity index (χ0n) is 11.1. The topological polar surface area (TPSA) is 12.4 Å². The molecule has 20 heavy (non-hydrogen) atoms. The Labute approximate surface area is 122 Å². The van der Waals surface area contributed by atoms with E-state index in [-0.39, 0.29) is 0 Å². The fraction of sp³-hybridized carbons (Fsp3) is 0.0556. The minimum atomic E-state index is 0.729. The summed E-state index contributed by atoms with van der Waals surface area (Å²) < 4.78 is 1.33. The highest BCUT2D eigenvalue weighted by molar-refractivity contribution is 7.17. The SMILES string of the molecule is C(/C=C/c1ccccc1)=NCc1cccc2sccc12. The summed E-state index contributed by atoms with van der Waals surface area (Å²) in [6.45, 7) is 0.729. The average molecular weight is 277 g/mol. The minimum Gasteiger partial charge on any atom is -0.288 e. The highest BCUT2D eigenvalue weighted by Gasteiger charge is 1.99. The molecule has 0 fully saturated rings. The molecule has 0 amide bonds. The van der Waals surface area contributed by atoms with E-state index in [0.717, 1.165) is 6.54 Å². The van der Waals surface area contributed by atoms with Gasteiger partial charge in [-0.15, -0.1) is 11.3 Å². The van der Waals surface area contributed by atoms with Crippen molar-refractivity contribution in [3.05, 3.63) is 77.2 Å². The predicted octanol–water partition coefficient (Wildman–Crippen LogP) is 5.19. The Hall–Kier alpha value is -2.19. The molecule has 2 heteroatoms. The maximum Gasteiger partial charge on any atom is 0.0646 e. The Morgan fingerprint density at radius 3 is 2.75 bits per heavy atom. The summed E-state index contributed by atoms with van der Waals surface area (Å²) in [6.07, 6.45) is 5.93. The highest BCUT2D eigenvalue weighted by atomic mass is 32.1. The molecule has 3 rings (SSSR count). The van der Waals surface area contributed by atoms with Gasteiger partial charge >= 0.3 is 0 Å². The van der Waals surface area contributed by atoms with Crippen LogP contribution in [0.3, 0.4) is 0 Å². The fourth-order valence-corrected chi connectivity index (χ4v) is 2.96. The summed E-state index contributed by atoms with van der Waals surface area (Å²) in [7, 11) is 0. The van der Waals surface area contributed by atoms with Gasteiger partial charge in [0.25, 0.3) is 0 Å². The molecule has 0 saturated carbocycles. The number of allylic oxidation sites excluding steroid dienone is 1. The normalized spacial score (nSPS) is 11.8. The quantitative estimate of drug-likeness (QED) is 0.582. The number of rotatable bonds is 4. The van der Waals surface area contributed by atoms with E-state index in [2.05, 4.69) is 52.8 Å². The first-order valence-corrected chi connectivity index (χ1v) is 7.48. The van der Waals surface area contributed by atoms with E-state index in [1.807, 2.05) is 30.5 Å². The molecule has 0 saturated heterocycles. The first kappa shape index (κ1) is 12.8. The molecular weight excluding hydrogens is 262 g/mol. The molecule has 1 nitrogen and oxygen atoms in total. The van der Waals surface area contributed by atoms with Crippen LogP contribution in [-0.2, 0) is 6.54 Å². The van der Waals surface area contributed by atoms with Crippen molar-refractivity contribution in [3.8, 4) is 0 Å². The molecule has 0 radical (unpaired) electrons. The van der Waals surface area contributed by atoms with Crippen LogP contribution in [0, 0.1) is 0 Å². The summed E-state index contributed by atoms with van der Waals surface area (Å²) in [5.74, 6) is 0. The largest absolute Gasteiger partial charge is 0.288 e. The molecule has 1 heterocycles. The molecule has 0 aliphatic rings. The third kappa shape index (κ3) is 3.03. The number of aliphatic imine (C=N–C) groups is 1. The molecule has 0 aliphatic carbocycles. The van der Waals surface area contributed by atoms with Crippen LogP contribution in [0.2, 0.25) is 0 Å². The standard InChI is InChI=1S/C18H15NS/c1-2-6-15(7-3-1)8-5-12-19-14-16-9-4-10-18-17(16)11-13-20-18/h1-13H,14H2/b8-5+,19-12?. The molecule has 0 spiro atoms. The van der Waals surface area contributed by atoms with Gasteiger partial charge in [0.2, 0.25) is 0 Å². The van der Waals surface area contributed by atoms with Crippen molar-refractivity contribution in [3.63, 3.8) is 0 Å². The van der Waals surface area contributed by atoms with Crippen LogP contribution in [0.4, 0.5) is 0 Å². The van der Waals surface area contributed by atoms with Gasteiger partial charge in [-0.05, 0) is 40.1 Å². The van der Waals surface area contributed by atoms with Crippen molar-refractivity contribution < 1.29 is 0 Å². The second-order valence-corrected chi connectivity index (χ2v) is 5.46. The third-order valence-corrected chi connectivity index (χ3v) is 4.01. The van der Waals surface area contributed by atoms with Gasteiger partial charge in [0.05, 0.1) is 6.54 Å². The molecule has 0 unspecified atom stereocenters. The number of hydrogen-bond acceptors (Lipinski definition) is 2. The Kier molecular flexibility index (Phi) is 4.04. The van der Waals surface area contributed by atoms with Crippen LogP contribution in [0.25, 0.3) is 16.2 Å². The monoisotopic (exact) mass is 277 g/mol. The lowest BCUT2D eigenvalue weighted by atomic mass is 10.1. The highest BCUT2D eigenvalue weighted by Crippen LogP contribution is 2.24. The average Bonchev–Trinajstić information content (AvgIpc) is 2.97. The van der Waals surface area contributed by atoms with Gasteiger partial charge in [-0.1, -0.05) is 48.5 Å². The van der Waals surface area contributed by atoms with E-state index >= 15 is 0 Å². The molecule has 0 bridgehead atoms. The number of thiophene rings is 1. The lowest BCUT2D eigenvalue weighted by molar-refractivity contribution is 1.09. The number of nitrogens with zero attached hydrogens (tertiary/aromatic N) is 1. The second kappa shape index (κ2) is 6.31. The lowest BCUT2D eigenvalue weighted by Gasteiger charge is -1.98. The van der Waals surface area contributed by atoms with Crippen molar-refractivity contribution in [2.24, 2.45) is 4.99 Å². The van der Waals surface area contributed by atoms with E-state index in [1.165, 1.54) is 21.2 Å². The minimum absolute atomic E-state index is 0.729. The Balaban J connectivity index is 1.66. The van der Waals surface area contributed by atoms with Gasteiger partial charge in [0, 0.05) is 10.9 Å². The molecule has 0 atom stereocenters. The Bertz CT molecular complexity index is 738. The van der Waals surface area contributed by atoms with Crippen LogP contribution >= 0.6 is 11.3 Å². The van der Waals surface area contributed by atoms with Gasteiger partial charge in [-0.3, -0.25) is 4.99 Å². The summed E-state index contributed by atoms with van der Waals surface area (Å²) >= 11 is 1.78. The van der Waals surface area contributed by atoms with Crippen molar-refractivity contribution in [1.29, 1.82) is 0 Å². The number of benzene rings is 2. The molecule has 2 aromatic carbocycles. The molecule has 1 aromatic heterocycles. The van der Waals surface area contributed by atoms with Crippen LogP contribution in [0.15, 0.2) is 71.0 Å². The van der Waals surface area contributed by atoms with Crippen LogP contribution in [-0.4, -0.2) is 6.21 Å². The van der Waals surface area contributed by atoms with Crippen molar-refractivity contribution >= 4 is 33.7 Å². The maximum atomic E-state index is 4.48. The van der Waals surface area contributed by atoms with E-state index in [1.54, 1.807) is 11.3 Å². The summed E-state index contributed by atoms with van der Waals surface area (Å²) in [6, 6.07) is 18.8. The molecule has 0 N–H and O–H groups in total. The first-order valence-electron chi connectivity index (χ1n) is 6.60. The van der Waals surface area contributed by atoms with Gasteiger partial charge in [-0.25, -0.2) is 0 Å². The van der Waals surface area contributed by atoms with Crippen LogP contribution in [0.5, 0.6) is 0 Å². The third-order valence-electron chi connectivity index (χ3n) is 3.13. The van der Waals surface area contributed by atoms with Crippen molar-refractivity contribution in [1.82, 2.24) is 0 Å². The van der Waals surface area contributed by atoms with Crippen molar-refractivity contribution in [2.45, 2.75) is 6.54 Å². The van der Waals surface area contributed by atoms with Gasteiger partial charge in [0.15, 0.2) is 0 Å². The number of fused-ring (bicyclic) bond motifs is 1. The van der Waals surface area contributed by atoms with Gasteiger partial charge in [0.1, 0.15) is 0 Å². The van der Waals surface area contributed by atoms with Gasteiger partial charge in [-0.2, -0.15) is 0 Å². The molecule has 0 aliphatic heterocycles. The zero-order chi connectivity index (χ0) is 13.6. The predicted molar refractivity (Wildman–Crippen MR) is 89.5 cm³/mol.